The largest absolute Gasteiger partial charge is 0.399 e. The molecule has 36 heavy (non-hydrogen) atoms. The zero-order valence-electron chi connectivity index (χ0n) is 19.9. The van der Waals surface area contributed by atoms with E-state index in [1.54, 1.807) is 24.3 Å². The Morgan fingerprint density at radius 2 is 0.944 bits per heavy atom. The number of carbonyl (C=O) groups is 2. The molecule has 6 nitrogen and oxygen atoms in total. The molecule has 0 spiro atoms. The lowest BCUT2D eigenvalue weighted by atomic mass is 9.87. The van der Waals surface area contributed by atoms with E-state index < -0.39 is 0 Å². The van der Waals surface area contributed by atoms with Crippen LogP contribution in [0.15, 0.2) is 84.9 Å². The van der Waals surface area contributed by atoms with Crippen molar-refractivity contribution in [1.29, 1.82) is 0 Å². The molecule has 6 N–H and O–H groups in total. The third kappa shape index (κ3) is 5.23. The van der Waals surface area contributed by atoms with Crippen LogP contribution in [0, 0.1) is 0 Å². The highest BCUT2D eigenvalue weighted by molar-refractivity contribution is 6.05. The fourth-order valence-electron chi connectivity index (χ4n) is 4.67. The lowest BCUT2D eigenvalue weighted by Gasteiger charge is -2.19. The predicted molar refractivity (Wildman–Crippen MR) is 145 cm³/mol. The Morgan fingerprint density at radius 1 is 0.528 bits per heavy atom. The van der Waals surface area contributed by atoms with Crippen LogP contribution >= 0.6 is 0 Å². The van der Waals surface area contributed by atoms with Crippen molar-refractivity contribution in [3.8, 4) is 0 Å². The third-order valence-corrected chi connectivity index (χ3v) is 6.55. The lowest BCUT2D eigenvalue weighted by molar-refractivity contribution is 0.101. The summed E-state index contributed by atoms with van der Waals surface area (Å²) < 4.78 is 0. The Morgan fingerprint density at radius 3 is 1.36 bits per heavy atom. The van der Waals surface area contributed by atoms with Gasteiger partial charge < -0.3 is 22.1 Å². The summed E-state index contributed by atoms with van der Waals surface area (Å²) in [4.78, 5) is 25.7. The number of nitrogens with two attached hydrogens (primary N) is 2. The van der Waals surface area contributed by atoms with E-state index in [0.29, 0.717) is 33.9 Å². The molecule has 0 atom stereocenters. The number of nitrogen functional groups attached to an aromatic ring is 2. The van der Waals surface area contributed by atoms with E-state index in [1.807, 2.05) is 48.5 Å². The standard InChI is InChI=1S/C30H28N4O2/c31-25-3-1-5-27(17-25)33-29(35)23-13-9-19-7-8-20-10-14-24(16-22(20)12-11-21(19)15-23)30(36)34-28-6-2-4-26(32)18-28/h1-6,9-10,13-18H,7-8,11-12,31-32H2,(H,33,35)(H,34,36). The van der Waals surface area contributed by atoms with Gasteiger partial charge in [-0.1, -0.05) is 24.3 Å². The molecule has 2 amide bonds. The summed E-state index contributed by atoms with van der Waals surface area (Å²) in [6.07, 6.45) is 3.35. The van der Waals surface area contributed by atoms with Gasteiger partial charge in [0.25, 0.3) is 11.8 Å². The maximum absolute atomic E-state index is 12.8. The van der Waals surface area contributed by atoms with Crippen molar-refractivity contribution in [3.05, 3.63) is 118 Å². The maximum Gasteiger partial charge on any atom is 0.255 e. The summed E-state index contributed by atoms with van der Waals surface area (Å²) in [5.74, 6) is -0.322. The summed E-state index contributed by atoms with van der Waals surface area (Å²) in [5, 5.41) is 5.84. The molecule has 0 aromatic heterocycles. The minimum Gasteiger partial charge on any atom is -0.399 e. The molecule has 1 aliphatic carbocycles. The van der Waals surface area contributed by atoms with Crippen molar-refractivity contribution in [2.24, 2.45) is 0 Å². The van der Waals surface area contributed by atoms with E-state index in [0.717, 1.165) is 36.8 Å². The van der Waals surface area contributed by atoms with Gasteiger partial charge >= 0.3 is 0 Å². The van der Waals surface area contributed by atoms with Crippen LogP contribution < -0.4 is 22.1 Å². The number of anilines is 4. The highest BCUT2D eigenvalue weighted by atomic mass is 16.2. The van der Waals surface area contributed by atoms with Gasteiger partial charge in [0.15, 0.2) is 0 Å². The van der Waals surface area contributed by atoms with E-state index in [1.165, 1.54) is 11.1 Å². The molecule has 4 aromatic carbocycles. The van der Waals surface area contributed by atoms with E-state index >= 15 is 0 Å². The lowest BCUT2D eigenvalue weighted by Crippen LogP contribution is -2.15. The van der Waals surface area contributed by atoms with Crippen molar-refractivity contribution in [1.82, 2.24) is 0 Å². The predicted octanol–water partition coefficient (Wildman–Crippen LogP) is 5.24. The molecule has 180 valence electrons. The molecule has 0 unspecified atom stereocenters. The SMILES string of the molecule is Nc1cccc(NC(=O)c2ccc3c(c2)CCc2cc(C(=O)Nc4cccc(N)c4)ccc2CC3)c1. The van der Waals surface area contributed by atoms with Gasteiger partial charge in [-0.2, -0.15) is 0 Å². The van der Waals surface area contributed by atoms with Gasteiger partial charge in [0.2, 0.25) is 0 Å². The minimum absolute atomic E-state index is 0.161. The van der Waals surface area contributed by atoms with Crippen molar-refractivity contribution in [3.63, 3.8) is 0 Å². The van der Waals surface area contributed by atoms with Gasteiger partial charge in [0.1, 0.15) is 0 Å². The first-order valence-corrected chi connectivity index (χ1v) is 12.0. The van der Waals surface area contributed by atoms with Crippen molar-refractivity contribution >= 4 is 34.6 Å². The number of hydrogen-bond acceptors (Lipinski definition) is 4. The average molecular weight is 477 g/mol. The number of benzene rings is 4. The van der Waals surface area contributed by atoms with Crippen LogP contribution in [0.3, 0.4) is 0 Å². The number of amides is 2. The van der Waals surface area contributed by atoms with Gasteiger partial charge in [-0.05, 0) is 109 Å². The first-order valence-electron chi connectivity index (χ1n) is 12.0. The molecule has 4 aromatic rings. The maximum atomic E-state index is 12.8. The molecule has 1 aliphatic rings. The highest BCUT2D eigenvalue weighted by Gasteiger charge is 2.16. The molecular weight excluding hydrogens is 448 g/mol. The number of rotatable bonds is 4. The number of hydrogen-bond donors (Lipinski definition) is 4. The summed E-state index contributed by atoms with van der Waals surface area (Å²) >= 11 is 0. The Hall–Kier alpha value is -4.58. The minimum atomic E-state index is -0.161. The smallest absolute Gasteiger partial charge is 0.255 e. The second-order valence-corrected chi connectivity index (χ2v) is 9.13. The molecule has 6 heteroatoms. The van der Waals surface area contributed by atoms with Crippen molar-refractivity contribution in [2.45, 2.75) is 25.7 Å². The van der Waals surface area contributed by atoms with Crippen LogP contribution in [0.2, 0.25) is 0 Å². The van der Waals surface area contributed by atoms with Gasteiger partial charge in [-0.15, -0.1) is 0 Å². The fraction of sp³-hybridized carbons (Fsp3) is 0.133. The fourth-order valence-corrected chi connectivity index (χ4v) is 4.67. The molecule has 0 fully saturated rings. The zero-order valence-corrected chi connectivity index (χ0v) is 19.9. The van der Waals surface area contributed by atoms with Crippen LogP contribution in [-0.4, -0.2) is 11.8 Å². The molecule has 0 aliphatic heterocycles. The van der Waals surface area contributed by atoms with Crippen LogP contribution in [-0.2, 0) is 25.7 Å². The first-order chi connectivity index (χ1) is 17.4. The molecule has 0 saturated carbocycles. The quantitative estimate of drug-likeness (QED) is 0.302. The Bertz CT molecular complexity index is 1350. The van der Waals surface area contributed by atoms with E-state index in [4.69, 9.17) is 11.5 Å². The third-order valence-electron chi connectivity index (χ3n) is 6.55. The van der Waals surface area contributed by atoms with Gasteiger partial charge in [-0.25, -0.2) is 0 Å². The summed E-state index contributed by atoms with van der Waals surface area (Å²) in [6, 6.07) is 26.2. The van der Waals surface area contributed by atoms with E-state index in [-0.39, 0.29) is 11.8 Å². The molecule has 0 saturated heterocycles. The van der Waals surface area contributed by atoms with Crippen LogP contribution in [0.4, 0.5) is 22.7 Å². The number of carbonyl (C=O) groups excluding carboxylic acids is 2. The first kappa shape index (κ1) is 23.2. The van der Waals surface area contributed by atoms with Crippen LogP contribution in [0.1, 0.15) is 43.0 Å². The summed E-state index contributed by atoms with van der Waals surface area (Å²) in [5.41, 5.74) is 20.3. The van der Waals surface area contributed by atoms with Crippen LogP contribution in [0.25, 0.3) is 0 Å². The zero-order chi connectivity index (χ0) is 25.1. The monoisotopic (exact) mass is 476 g/mol. The van der Waals surface area contributed by atoms with Crippen LogP contribution in [0.5, 0.6) is 0 Å². The van der Waals surface area contributed by atoms with Crippen molar-refractivity contribution in [2.75, 3.05) is 22.1 Å². The van der Waals surface area contributed by atoms with Gasteiger partial charge in [-0.3, -0.25) is 9.59 Å². The average Bonchev–Trinajstić information content (AvgIpc) is 2.85. The second-order valence-electron chi connectivity index (χ2n) is 9.13. The van der Waals surface area contributed by atoms with Gasteiger partial charge in [0, 0.05) is 33.9 Å². The van der Waals surface area contributed by atoms with Gasteiger partial charge in [0.05, 0.1) is 0 Å². The molecule has 0 bridgehead atoms. The Labute approximate surface area is 210 Å². The molecule has 0 radical (unpaired) electrons. The number of aryl methyl sites for hydroxylation is 4. The Kier molecular flexibility index (Phi) is 6.41. The molecular formula is C30H28N4O2. The summed E-state index contributed by atoms with van der Waals surface area (Å²) in [6.45, 7) is 0. The van der Waals surface area contributed by atoms with E-state index in [2.05, 4.69) is 22.8 Å². The number of nitrogens with one attached hydrogen (secondary N) is 2. The second kappa shape index (κ2) is 9.96. The number of fused-ring (bicyclic) bond motifs is 2. The highest BCUT2D eigenvalue weighted by Crippen LogP contribution is 2.25. The normalized spacial score (nSPS) is 12.4. The Balaban J connectivity index is 1.32. The molecule has 0 heterocycles. The topological polar surface area (TPSA) is 110 Å². The van der Waals surface area contributed by atoms with Crippen molar-refractivity contribution < 1.29 is 9.59 Å². The summed E-state index contributed by atoms with van der Waals surface area (Å²) in [7, 11) is 0. The van der Waals surface area contributed by atoms with E-state index in [9.17, 15) is 9.59 Å². The molecule has 5 rings (SSSR count).